The number of nitrogens with one attached hydrogen (secondary N) is 1. The fourth-order valence-electron chi connectivity index (χ4n) is 1.36. The molecule has 0 fully saturated rings. The van der Waals surface area contributed by atoms with Crippen molar-refractivity contribution in [1.29, 1.82) is 0 Å². The Kier molecular flexibility index (Phi) is 5.58. The van der Waals surface area contributed by atoms with E-state index in [0.29, 0.717) is 18.0 Å². The van der Waals surface area contributed by atoms with E-state index in [1.807, 2.05) is 31.2 Å². The molecular formula is C13H18N2O2S. The van der Waals surface area contributed by atoms with E-state index in [2.05, 4.69) is 5.32 Å². The number of ether oxygens (including phenoxy) is 1. The number of hydrogen-bond donors (Lipinski definition) is 2. The number of nitrogens with two attached hydrogens (primary N) is 1. The van der Waals surface area contributed by atoms with E-state index in [9.17, 15) is 4.79 Å². The summed E-state index contributed by atoms with van der Waals surface area (Å²) in [6.07, 6.45) is 0.341. The van der Waals surface area contributed by atoms with Gasteiger partial charge in [0.1, 0.15) is 5.75 Å². The van der Waals surface area contributed by atoms with Crippen LogP contribution in [0.5, 0.6) is 5.75 Å². The molecule has 3 N–H and O–H groups in total. The molecule has 0 radical (unpaired) electrons. The molecule has 1 atom stereocenters. The van der Waals surface area contributed by atoms with Crippen LogP contribution in [-0.4, -0.2) is 24.6 Å². The van der Waals surface area contributed by atoms with Crippen LogP contribution in [-0.2, 0) is 11.2 Å². The second kappa shape index (κ2) is 6.96. The molecule has 0 aliphatic rings. The van der Waals surface area contributed by atoms with Crippen molar-refractivity contribution in [3.63, 3.8) is 0 Å². The lowest BCUT2D eigenvalue weighted by atomic mass is 10.1. The fourth-order valence-corrected chi connectivity index (χ4v) is 1.44. The summed E-state index contributed by atoms with van der Waals surface area (Å²) in [5.74, 6) is 0.754. The smallest absolute Gasteiger partial charge is 0.224 e. The van der Waals surface area contributed by atoms with Gasteiger partial charge in [-0.2, -0.15) is 0 Å². The minimum atomic E-state index is -0.0386. The van der Waals surface area contributed by atoms with Crippen molar-refractivity contribution in [1.82, 2.24) is 5.32 Å². The van der Waals surface area contributed by atoms with Crippen molar-refractivity contribution in [2.24, 2.45) is 11.7 Å². The molecule has 0 bridgehead atoms. The average Bonchev–Trinajstić information content (AvgIpc) is 2.36. The van der Waals surface area contributed by atoms with E-state index in [1.54, 1.807) is 7.11 Å². The molecular weight excluding hydrogens is 248 g/mol. The van der Waals surface area contributed by atoms with Gasteiger partial charge in [0.25, 0.3) is 0 Å². The summed E-state index contributed by atoms with van der Waals surface area (Å²) in [7, 11) is 1.61. The lowest BCUT2D eigenvalue weighted by Crippen LogP contribution is -2.34. The zero-order chi connectivity index (χ0) is 13.5. The predicted octanol–water partition coefficient (Wildman–Crippen LogP) is 1.28. The van der Waals surface area contributed by atoms with Crippen LogP contribution in [0, 0.1) is 5.92 Å². The van der Waals surface area contributed by atoms with Gasteiger partial charge in [0.05, 0.1) is 18.5 Å². The maximum Gasteiger partial charge on any atom is 0.224 e. The van der Waals surface area contributed by atoms with Crippen LogP contribution >= 0.6 is 12.2 Å². The normalized spacial score (nSPS) is 11.7. The Bertz CT molecular complexity index is 418. The third-order valence-electron chi connectivity index (χ3n) is 2.61. The molecule has 0 aromatic heterocycles. The zero-order valence-corrected chi connectivity index (χ0v) is 11.4. The molecule has 0 saturated heterocycles. The first-order chi connectivity index (χ1) is 8.52. The Morgan fingerprint density at radius 1 is 1.44 bits per heavy atom. The number of rotatable bonds is 6. The maximum atomic E-state index is 11.7. The molecule has 18 heavy (non-hydrogen) atoms. The Hall–Kier alpha value is -1.62. The van der Waals surface area contributed by atoms with Crippen molar-refractivity contribution in [3.05, 3.63) is 29.8 Å². The van der Waals surface area contributed by atoms with E-state index in [-0.39, 0.29) is 11.8 Å². The van der Waals surface area contributed by atoms with Gasteiger partial charge in [0, 0.05) is 12.5 Å². The molecule has 1 unspecified atom stereocenters. The summed E-state index contributed by atoms with van der Waals surface area (Å²) < 4.78 is 5.05. The number of thiocarbonyl (C=S) groups is 1. The summed E-state index contributed by atoms with van der Waals surface area (Å²) in [6, 6.07) is 7.41. The lowest BCUT2D eigenvalue weighted by molar-refractivity contribution is -0.120. The van der Waals surface area contributed by atoms with E-state index in [4.69, 9.17) is 22.7 Å². The van der Waals surface area contributed by atoms with Gasteiger partial charge >= 0.3 is 0 Å². The first-order valence-corrected chi connectivity index (χ1v) is 6.12. The molecule has 0 spiro atoms. The standard InChI is InChI=1S/C13H18N2O2S/c1-9(13(14)18)8-15-12(16)7-10-3-5-11(17-2)6-4-10/h3-6,9H,7-8H2,1-2H3,(H2,14,18)(H,15,16). The van der Waals surface area contributed by atoms with Gasteiger partial charge in [0.15, 0.2) is 0 Å². The molecule has 5 heteroatoms. The van der Waals surface area contributed by atoms with Gasteiger partial charge in [-0.1, -0.05) is 31.3 Å². The molecule has 0 aliphatic carbocycles. The highest BCUT2D eigenvalue weighted by Crippen LogP contribution is 2.11. The maximum absolute atomic E-state index is 11.7. The zero-order valence-electron chi connectivity index (χ0n) is 10.6. The van der Waals surface area contributed by atoms with Crippen molar-refractivity contribution < 1.29 is 9.53 Å². The van der Waals surface area contributed by atoms with Crippen LogP contribution < -0.4 is 15.8 Å². The fraction of sp³-hybridized carbons (Fsp3) is 0.385. The number of hydrogen-bond acceptors (Lipinski definition) is 3. The molecule has 1 rings (SSSR count). The second-order valence-electron chi connectivity index (χ2n) is 4.13. The van der Waals surface area contributed by atoms with Crippen LogP contribution in [0.1, 0.15) is 12.5 Å². The van der Waals surface area contributed by atoms with Crippen LogP contribution in [0.2, 0.25) is 0 Å². The second-order valence-corrected chi connectivity index (χ2v) is 4.60. The Balaban J connectivity index is 2.42. The van der Waals surface area contributed by atoms with E-state index in [0.717, 1.165) is 11.3 Å². The van der Waals surface area contributed by atoms with Crippen LogP contribution in [0.3, 0.4) is 0 Å². The quantitative estimate of drug-likeness (QED) is 0.761. The van der Waals surface area contributed by atoms with E-state index in [1.165, 1.54) is 0 Å². The number of amides is 1. The number of benzene rings is 1. The monoisotopic (exact) mass is 266 g/mol. The average molecular weight is 266 g/mol. The molecule has 0 heterocycles. The summed E-state index contributed by atoms with van der Waals surface area (Å²) in [5.41, 5.74) is 6.41. The van der Waals surface area contributed by atoms with Crippen molar-refractivity contribution in [3.8, 4) is 5.75 Å². The van der Waals surface area contributed by atoms with Crippen LogP contribution in [0.15, 0.2) is 24.3 Å². The number of methoxy groups -OCH3 is 1. The Morgan fingerprint density at radius 3 is 2.56 bits per heavy atom. The van der Waals surface area contributed by atoms with Gasteiger partial charge in [-0.05, 0) is 17.7 Å². The van der Waals surface area contributed by atoms with E-state index < -0.39 is 0 Å². The molecule has 1 aromatic rings. The van der Waals surface area contributed by atoms with Crippen LogP contribution in [0.25, 0.3) is 0 Å². The third-order valence-corrected chi connectivity index (χ3v) is 3.02. The predicted molar refractivity (Wildman–Crippen MR) is 75.7 cm³/mol. The first-order valence-electron chi connectivity index (χ1n) is 5.72. The van der Waals surface area contributed by atoms with E-state index >= 15 is 0 Å². The topological polar surface area (TPSA) is 64.3 Å². The van der Waals surface area contributed by atoms with Crippen LogP contribution in [0.4, 0.5) is 0 Å². The third kappa shape index (κ3) is 4.71. The minimum Gasteiger partial charge on any atom is -0.497 e. The van der Waals surface area contributed by atoms with Gasteiger partial charge < -0.3 is 15.8 Å². The summed E-state index contributed by atoms with van der Waals surface area (Å²) in [4.78, 5) is 12.1. The lowest BCUT2D eigenvalue weighted by Gasteiger charge is -2.11. The highest BCUT2D eigenvalue weighted by molar-refractivity contribution is 7.80. The molecule has 1 aromatic carbocycles. The number of carbonyl (C=O) groups is 1. The highest BCUT2D eigenvalue weighted by atomic mass is 32.1. The first kappa shape index (κ1) is 14.4. The SMILES string of the molecule is COc1ccc(CC(=O)NCC(C)C(N)=S)cc1. The van der Waals surface area contributed by atoms with Crippen molar-refractivity contribution in [2.75, 3.05) is 13.7 Å². The Morgan fingerprint density at radius 2 is 2.06 bits per heavy atom. The summed E-state index contributed by atoms with van der Waals surface area (Å²) >= 11 is 4.84. The number of carbonyl (C=O) groups excluding carboxylic acids is 1. The largest absolute Gasteiger partial charge is 0.497 e. The molecule has 1 amide bonds. The summed E-state index contributed by atoms with van der Waals surface area (Å²) in [6.45, 7) is 2.36. The van der Waals surface area contributed by atoms with Crippen molar-refractivity contribution >= 4 is 23.1 Å². The molecule has 0 saturated carbocycles. The van der Waals surface area contributed by atoms with Crippen molar-refractivity contribution in [2.45, 2.75) is 13.3 Å². The molecule has 0 aliphatic heterocycles. The summed E-state index contributed by atoms with van der Waals surface area (Å²) in [5, 5.41) is 2.80. The molecule has 4 nitrogen and oxygen atoms in total. The molecule has 98 valence electrons. The minimum absolute atomic E-state index is 0.0137. The van der Waals surface area contributed by atoms with Gasteiger partial charge in [-0.15, -0.1) is 0 Å². The Labute approximate surface area is 113 Å². The van der Waals surface area contributed by atoms with Gasteiger partial charge in [-0.3, -0.25) is 4.79 Å². The van der Waals surface area contributed by atoms with Gasteiger partial charge in [-0.25, -0.2) is 0 Å². The highest BCUT2D eigenvalue weighted by Gasteiger charge is 2.08. The van der Waals surface area contributed by atoms with Gasteiger partial charge in [0.2, 0.25) is 5.91 Å².